The van der Waals surface area contributed by atoms with E-state index in [0.717, 1.165) is 10.1 Å². The second kappa shape index (κ2) is 8.01. The van der Waals surface area contributed by atoms with E-state index in [1.54, 1.807) is 24.3 Å². The van der Waals surface area contributed by atoms with Crippen molar-refractivity contribution in [2.24, 2.45) is 4.99 Å². The van der Waals surface area contributed by atoms with Crippen molar-refractivity contribution in [3.8, 4) is 11.6 Å². The maximum absolute atomic E-state index is 12.9. The van der Waals surface area contributed by atoms with Gasteiger partial charge < -0.3 is 5.11 Å². The molecular weight excluding hydrogens is 373 g/mol. The van der Waals surface area contributed by atoms with Gasteiger partial charge in [0.25, 0.3) is 5.56 Å². The Labute approximate surface area is 158 Å². The molecular formula is C19H15ClFN3O3. The molecule has 0 saturated carbocycles. The predicted molar refractivity (Wildman–Crippen MR) is 102 cm³/mol. The van der Waals surface area contributed by atoms with Crippen molar-refractivity contribution in [3.05, 3.63) is 91.3 Å². The topological polar surface area (TPSA) is 87.5 Å². The lowest BCUT2D eigenvalue weighted by Crippen LogP contribution is -2.31. The maximum atomic E-state index is 12.9. The van der Waals surface area contributed by atoms with E-state index in [1.807, 2.05) is 0 Å². The molecule has 27 heavy (non-hydrogen) atoms. The number of H-pyrrole nitrogens is 1. The van der Waals surface area contributed by atoms with Crippen molar-refractivity contribution in [2.45, 2.75) is 6.42 Å². The Morgan fingerprint density at radius 3 is 2.44 bits per heavy atom. The van der Waals surface area contributed by atoms with Crippen LogP contribution in [0.2, 0.25) is 5.02 Å². The van der Waals surface area contributed by atoms with E-state index in [2.05, 4.69) is 9.98 Å². The van der Waals surface area contributed by atoms with E-state index in [-0.39, 0.29) is 11.4 Å². The van der Waals surface area contributed by atoms with Crippen LogP contribution in [0, 0.1) is 5.82 Å². The third-order valence-corrected chi connectivity index (χ3v) is 4.12. The van der Waals surface area contributed by atoms with Gasteiger partial charge in [-0.05, 0) is 48.4 Å². The van der Waals surface area contributed by atoms with Crippen LogP contribution in [0.3, 0.4) is 0 Å². The molecule has 0 fully saturated rings. The molecule has 8 heteroatoms. The fourth-order valence-corrected chi connectivity index (χ4v) is 2.61. The number of halogens is 2. The lowest BCUT2D eigenvalue weighted by Gasteiger charge is -2.09. The summed E-state index contributed by atoms with van der Waals surface area (Å²) in [5.41, 5.74) is -0.419. The standard InChI is InChI=1S/C19H15ClFN3O3/c20-13-3-7-15(8-4-13)24-18(26)16(17(25)23-19(24)27)11-22-10-9-12-1-5-14(21)6-2-12/h1-8,11,26H,9-10H2,(H,23,25,27). The van der Waals surface area contributed by atoms with E-state index in [1.165, 1.54) is 30.5 Å². The van der Waals surface area contributed by atoms with Crippen molar-refractivity contribution in [3.63, 3.8) is 0 Å². The average Bonchev–Trinajstić information content (AvgIpc) is 2.64. The molecule has 0 aliphatic carbocycles. The number of nitrogens with zero attached hydrogens (tertiary/aromatic N) is 2. The summed E-state index contributed by atoms with van der Waals surface area (Å²) < 4.78 is 13.8. The largest absolute Gasteiger partial charge is 0.493 e. The van der Waals surface area contributed by atoms with Gasteiger partial charge in [0.05, 0.1) is 5.69 Å². The molecule has 3 rings (SSSR count). The normalized spacial score (nSPS) is 11.2. The highest BCUT2D eigenvalue weighted by molar-refractivity contribution is 6.30. The lowest BCUT2D eigenvalue weighted by atomic mass is 10.1. The molecule has 1 heterocycles. The zero-order valence-corrected chi connectivity index (χ0v) is 14.8. The van der Waals surface area contributed by atoms with Crippen molar-refractivity contribution in [1.82, 2.24) is 9.55 Å². The predicted octanol–water partition coefficient (Wildman–Crippen LogP) is 2.69. The fourth-order valence-electron chi connectivity index (χ4n) is 2.49. The van der Waals surface area contributed by atoms with Crippen LogP contribution < -0.4 is 11.2 Å². The van der Waals surface area contributed by atoms with Gasteiger partial charge in [0.1, 0.15) is 11.4 Å². The van der Waals surface area contributed by atoms with Crippen LogP contribution in [-0.4, -0.2) is 27.4 Å². The monoisotopic (exact) mass is 387 g/mol. The molecule has 0 aliphatic rings. The number of aliphatic imine (C=N–C) groups is 1. The first-order valence-corrected chi connectivity index (χ1v) is 8.42. The first-order valence-electron chi connectivity index (χ1n) is 8.04. The molecule has 138 valence electrons. The number of hydrogen-bond acceptors (Lipinski definition) is 4. The average molecular weight is 388 g/mol. The van der Waals surface area contributed by atoms with Crippen molar-refractivity contribution in [1.29, 1.82) is 0 Å². The number of aromatic nitrogens is 2. The Kier molecular flexibility index (Phi) is 5.52. The summed E-state index contributed by atoms with van der Waals surface area (Å²) in [5.74, 6) is -0.834. The Hall–Kier alpha value is -3.19. The molecule has 3 aromatic rings. The Bertz CT molecular complexity index is 1090. The van der Waals surface area contributed by atoms with Gasteiger partial charge in [-0.2, -0.15) is 0 Å². The number of nitrogens with one attached hydrogen (secondary N) is 1. The number of hydrogen-bond donors (Lipinski definition) is 2. The highest BCUT2D eigenvalue weighted by Crippen LogP contribution is 2.17. The summed E-state index contributed by atoms with van der Waals surface area (Å²) in [5, 5.41) is 10.9. The summed E-state index contributed by atoms with van der Waals surface area (Å²) in [7, 11) is 0. The van der Waals surface area contributed by atoms with E-state index in [9.17, 15) is 19.1 Å². The minimum absolute atomic E-state index is 0.136. The molecule has 0 amide bonds. The van der Waals surface area contributed by atoms with Crippen LogP contribution >= 0.6 is 11.6 Å². The lowest BCUT2D eigenvalue weighted by molar-refractivity contribution is 0.430. The van der Waals surface area contributed by atoms with Gasteiger partial charge in [0, 0.05) is 17.8 Å². The van der Waals surface area contributed by atoms with Crippen molar-refractivity contribution in [2.75, 3.05) is 6.54 Å². The van der Waals surface area contributed by atoms with Gasteiger partial charge in [-0.3, -0.25) is 14.8 Å². The highest BCUT2D eigenvalue weighted by Gasteiger charge is 2.14. The van der Waals surface area contributed by atoms with Gasteiger partial charge in [-0.25, -0.2) is 13.8 Å². The van der Waals surface area contributed by atoms with Crippen LogP contribution in [0.4, 0.5) is 4.39 Å². The molecule has 0 bridgehead atoms. The minimum Gasteiger partial charge on any atom is -0.493 e. The van der Waals surface area contributed by atoms with Crippen LogP contribution in [0.15, 0.2) is 63.1 Å². The number of aromatic hydroxyl groups is 1. The quantitative estimate of drug-likeness (QED) is 0.660. The van der Waals surface area contributed by atoms with E-state index >= 15 is 0 Å². The van der Waals surface area contributed by atoms with Crippen LogP contribution in [0.1, 0.15) is 11.1 Å². The van der Waals surface area contributed by atoms with Crippen LogP contribution in [-0.2, 0) is 6.42 Å². The van der Waals surface area contributed by atoms with Crippen molar-refractivity contribution >= 4 is 17.8 Å². The molecule has 0 radical (unpaired) electrons. The highest BCUT2D eigenvalue weighted by atomic mass is 35.5. The molecule has 6 nitrogen and oxygen atoms in total. The fraction of sp³-hybridized carbons (Fsp3) is 0.105. The van der Waals surface area contributed by atoms with E-state index in [0.29, 0.717) is 23.7 Å². The van der Waals surface area contributed by atoms with Gasteiger partial charge >= 0.3 is 5.69 Å². The van der Waals surface area contributed by atoms with Gasteiger partial charge in [-0.1, -0.05) is 23.7 Å². The molecule has 2 N–H and O–H groups in total. The Morgan fingerprint density at radius 1 is 1.11 bits per heavy atom. The molecule has 0 aliphatic heterocycles. The molecule has 0 spiro atoms. The third-order valence-electron chi connectivity index (χ3n) is 3.87. The van der Waals surface area contributed by atoms with Gasteiger partial charge in [0.2, 0.25) is 5.88 Å². The summed E-state index contributed by atoms with van der Waals surface area (Å²) in [6.45, 7) is 0.324. The van der Waals surface area contributed by atoms with Crippen LogP contribution in [0.5, 0.6) is 5.88 Å². The van der Waals surface area contributed by atoms with Crippen molar-refractivity contribution < 1.29 is 9.50 Å². The summed E-state index contributed by atoms with van der Waals surface area (Å²) in [6, 6.07) is 12.2. The number of benzene rings is 2. The molecule has 2 aromatic carbocycles. The first-order chi connectivity index (χ1) is 13.0. The van der Waals surface area contributed by atoms with Gasteiger partial charge in [0.15, 0.2) is 0 Å². The maximum Gasteiger partial charge on any atom is 0.335 e. The second-order valence-electron chi connectivity index (χ2n) is 5.72. The molecule has 0 saturated heterocycles. The Balaban J connectivity index is 1.85. The molecule has 0 atom stereocenters. The summed E-state index contributed by atoms with van der Waals surface area (Å²) in [4.78, 5) is 30.4. The minimum atomic E-state index is -0.775. The summed E-state index contributed by atoms with van der Waals surface area (Å²) >= 11 is 5.83. The first kappa shape index (κ1) is 18.6. The summed E-state index contributed by atoms with van der Waals surface area (Å²) in [6.07, 6.45) is 1.75. The van der Waals surface area contributed by atoms with E-state index in [4.69, 9.17) is 11.6 Å². The Morgan fingerprint density at radius 2 is 1.78 bits per heavy atom. The number of rotatable bonds is 5. The third kappa shape index (κ3) is 4.32. The second-order valence-corrected chi connectivity index (χ2v) is 6.16. The van der Waals surface area contributed by atoms with Gasteiger partial charge in [-0.15, -0.1) is 0 Å². The van der Waals surface area contributed by atoms with E-state index < -0.39 is 17.1 Å². The van der Waals surface area contributed by atoms with Crippen LogP contribution in [0.25, 0.3) is 5.69 Å². The smallest absolute Gasteiger partial charge is 0.335 e. The zero-order chi connectivity index (χ0) is 19.4. The SMILES string of the molecule is O=c1[nH]c(=O)n(-c2ccc(Cl)cc2)c(O)c1C=NCCc1ccc(F)cc1. The molecule has 0 unspecified atom stereocenters. The molecule has 1 aromatic heterocycles. The zero-order valence-electron chi connectivity index (χ0n) is 14.0. The number of aromatic amines is 1.